The van der Waals surface area contributed by atoms with E-state index in [0.717, 1.165) is 32.7 Å². The van der Waals surface area contributed by atoms with Gasteiger partial charge in [0.15, 0.2) is 0 Å². The molecule has 3 nitrogen and oxygen atoms in total. The molecule has 0 bridgehead atoms. The molecule has 1 atom stereocenters. The van der Waals surface area contributed by atoms with Crippen molar-refractivity contribution in [3.05, 3.63) is 0 Å². The van der Waals surface area contributed by atoms with Gasteiger partial charge in [-0.05, 0) is 32.1 Å². The molecule has 0 aromatic heterocycles. The van der Waals surface area contributed by atoms with E-state index < -0.39 is 0 Å². The van der Waals surface area contributed by atoms with E-state index in [4.69, 9.17) is 14.7 Å². The third kappa shape index (κ3) is 8.49. The predicted octanol–water partition coefficient (Wildman–Crippen LogP) is 3.83. The van der Waals surface area contributed by atoms with Gasteiger partial charge in [0.25, 0.3) is 0 Å². The van der Waals surface area contributed by atoms with Crippen LogP contribution in [0.3, 0.4) is 0 Å². The smallest absolute Gasteiger partial charge is 0.0621 e. The molecule has 0 spiro atoms. The average molecular weight is 253 g/mol. The van der Waals surface area contributed by atoms with Crippen LogP contribution in [-0.2, 0) is 9.47 Å². The summed E-state index contributed by atoms with van der Waals surface area (Å²) < 4.78 is 11.2. The molecule has 0 aromatic carbocycles. The molecule has 104 valence electrons. The van der Waals surface area contributed by atoms with Crippen molar-refractivity contribution in [2.75, 3.05) is 19.8 Å². The topological polar surface area (TPSA) is 42.2 Å². The van der Waals surface area contributed by atoms with Crippen molar-refractivity contribution in [3.8, 4) is 6.07 Å². The molecule has 0 aliphatic carbocycles. The van der Waals surface area contributed by atoms with E-state index in [1.165, 1.54) is 44.9 Å². The number of rotatable bonds is 11. The zero-order valence-corrected chi connectivity index (χ0v) is 11.5. The maximum Gasteiger partial charge on any atom is 0.0621 e. The Labute approximate surface area is 111 Å². The van der Waals surface area contributed by atoms with E-state index >= 15 is 0 Å². The maximum absolute atomic E-state index is 8.39. The fourth-order valence-corrected chi connectivity index (χ4v) is 2.30. The molecule has 1 aliphatic rings. The summed E-state index contributed by atoms with van der Waals surface area (Å²) in [6.45, 7) is 2.69. The lowest BCUT2D eigenvalue weighted by Crippen LogP contribution is -2.09. The first-order valence-corrected chi connectivity index (χ1v) is 7.50. The molecule has 1 fully saturated rings. The second kappa shape index (κ2) is 11.5. The molecular formula is C15H27NO2. The van der Waals surface area contributed by atoms with Crippen molar-refractivity contribution in [1.82, 2.24) is 0 Å². The van der Waals surface area contributed by atoms with Crippen LogP contribution in [0.4, 0.5) is 0 Å². The van der Waals surface area contributed by atoms with Gasteiger partial charge < -0.3 is 9.47 Å². The Hall–Kier alpha value is -0.590. The fraction of sp³-hybridized carbons (Fsp3) is 0.933. The zero-order chi connectivity index (χ0) is 12.9. The Kier molecular flexibility index (Phi) is 9.88. The highest BCUT2D eigenvalue weighted by atomic mass is 16.5. The van der Waals surface area contributed by atoms with E-state index in [2.05, 4.69) is 6.07 Å². The number of nitrogens with zero attached hydrogens (tertiary/aromatic N) is 1. The van der Waals surface area contributed by atoms with Crippen molar-refractivity contribution < 1.29 is 9.47 Å². The Morgan fingerprint density at radius 2 is 1.83 bits per heavy atom. The molecule has 0 aromatic rings. The average Bonchev–Trinajstić information content (AvgIpc) is 2.89. The molecule has 1 rings (SSSR count). The standard InChI is InChI=1S/C15H27NO2/c16-11-6-4-2-1-3-5-7-12-17-14-10-15-9-8-13-18-15/h15H,1-10,12-14H2. The van der Waals surface area contributed by atoms with Gasteiger partial charge in [0.2, 0.25) is 0 Å². The Balaban J connectivity index is 1.69. The van der Waals surface area contributed by atoms with Gasteiger partial charge in [0.05, 0.1) is 12.2 Å². The van der Waals surface area contributed by atoms with Crippen molar-refractivity contribution in [2.24, 2.45) is 0 Å². The molecule has 1 saturated heterocycles. The number of hydrogen-bond acceptors (Lipinski definition) is 3. The van der Waals surface area contributed by atoms with Crippen molar-refractivity contribution in [1.29, 1.82) is 5.26 Å². The van der Waals surface area contributed by atoms with Gasteiger partial charge in [-0.15, -0.1) is 0 Å². The first-order valence-electron chi connectivity index (χ1n) is 7.50. The summed E-state index contributed by atoms with van der Waals surface area (Å²) >= 11 is 0. The molecule has 18 heavy (non-hydrogen) atoms. The summed E-state index contributed by atoms with van der Waals surface area (Å²) in [5.41, 5.74) is 0. The van der Waals surface area contributed by atoms with Gasteiger partial charge in [-0.3, -0.25) is 0 Å². The summed E-state index contributed by atoms with van der Waals surface area (Å²) in [6.07, 6.45) is 11.9. The lowest BCUT2D eigenvalue weighted by molar-refractivity contribution is 0.0582. The molecule has 1 aliphatic heterocycles. The minimum absolute atomic E-state index is 0.463. The van der Waals surface area contributed by atoms with E-state index in [-0.39, 0.29) is 0 Å². The Morgan fingerprint density at radius 1 is 1.06 bits per heavy atom. The summed E-state index contributed by atoms with van der Waals surface area (Å²) in [5, 5.41) is 8.39. The number of hydrogen-bond donors (Lipinski definition) is 0. The van der Waals surface area contributed by atoms with Crippen LogP contribution in [0.25, 0.3) is 0 Å². The van der Waals surface area contributed by atoms with Crippen LogP contribution in [0.15, 0.2) is 0 Å². The fourth-order valence-electron chi connectivity index (χ4n) is 2.30. The predicted molar refractivity (Wildman–Crippen MR) is 72.3 cm³/mol. The summed E-state index contributed by atoms with van der Waals surface area (Å²) in [7, 11) is 0. The van der Waals surface area contributed by atoms with E-state index in [0.29, 0.717) is 12.5 Å². The van der Waals surface area contributed by atoms with Crippen LogP contribution >= 0.6 is 0 Å². The number of unbranched alkanes of at least 4 members (excludes halogenated alkanes) is 6. The highest BCUT2D eigenvalue weighted by molar-refractivity contribution is 4.67. The summed E-state index contributed by atoms with van der Waals surface area (Å²) in [4.78, 5) is 0. The molecule has 1 unspecified atom stereocenters. The number of nitriles is 1. The molecule has 0 saturated carbocycles. The lowest BCUT2D eigenvalue weighted by Gasteiger charge is -2.09. The normalized spacial score (nSPS) is 18.9. The largest absolute Gasteiger partial charge is 0.381 e. The van der Waals surface area contributed by atoms with Gasteiger partial charge in [-0.1, -0.05) is 25.7 Å². The first-order chi connectivity index (χ1) is 8.93. The van der Waals surface area contributed by atoms with Crippen LogP contribution in [0.1, 0.15) is 64.2 Å². The van der Waals surface area contributed by atoms with E-state index in [1.807, 2.05) is 0 Å². The second-order valence-corrected chi connectivity index (χ2v) is 5.07. The maximum atomic E-state index is 8.39. The third-order valence-corrected chi connectivity index (χ3v) is 3.44. The lowest BCUT2D eigenvalue weighted by atomic mass is 10.1. The molecule has 0 N–H and O–H groups in total. The summed E-state index contributed by atoms with van der Waals surface area (Å²) in [6, 6.07) is 2.19. The Bertz CT molecular complexity index is 219. The summed E-state index contributed by atoms with van der Waals surface area (Å²) in [5.74, 6) is 0. The Morgan fingerprint density at radius 3 is 2.56 bits per heavy atom. The molecule has 0 radical (unpaired) electrons. The first kappa shape index (κ1) is 15.5. The number of ether oxygens (including phenoxy) is 2. The van der Waals surface area contributed by atoms with Crippen molar-refractivity contribution in [2.45, 2.75) is 70.3 Å². The molecular weight excluding hydrogens is 226 g/mol. The van der Waals surface area contributed by atoms with Gasteiger partial charge in [-0.25, -0.2) is 0 Å². The minimum atomic E-state index is 0.463. The van der Waals surface area contributed by atoms with Gasteiger partial charge in [-0.2, -0.15) is 5.26 Å². The van der Waals surface area contributed by atoms with Crippen LogP contribution in [-0.4, -0.2) is 25.9 Å². The zero-order valence-electron chi connectivity index (χ0n) is 11.5. The molecule has 0 amide bonds. The quantitative estimate of drug-likeness (QED) is 0.526. The van der Waals surface area contributed by atoms with E-state index in [1.54, 1.807) is 0 Å². The van der Waals surface area contributed by atoms with Crippen LogP contribution in [0.5, 0.6) is 0 Å². The molecule has 1 heterocycles. The van der Waals surface area contributed by atoms with Crippen LogP contribution in [0, 0.1) is 11.3 Å². The van der Waals surface area contributed by atoms with Gasteiger partial charge >= 0.3 is 0 Å². The minimum Gasteiger partial charge on any atom is -0.381 e. The van der Waals surface area contributed by atoms with Crippen LogP contribution < -0.4 is 0 Å². The second-order valence-electron chi connectivity index (χ2n) is 5.07. The monoisotopic (exact) mass is 253 g/mol. The van der Waals surface area contributed by atoms with Gasteiger partial charge in [0, 0.05) is 26.2 Å². The third-order valence-electron chi connectivity index (χ3n) is 3.44. The molecule has 3 heteroatoms. The highest BCUT2D eigenvalue weighted by Crippen LogP contribution is 2.15. The van der Waals surface area contributed by atoms with E-state index in [9.17, 15) is 0 Å². The van der Waals surface area contributed by atoms with Crippen molar-refractivity contribution in [3.63, 3.8) is 0 Å². The van der Waals surface area contributed by atoms with Crippen LogP contribution in [0.2, 0.25) is 0 Å². The highest BCUT2D eigenvalue weighted by Gasteiger charge is 2.14. The SMILES string of the molecule is N#CCCCCCCCCOCCC1CCCO1. The van der Waals surface area contributed by atoms with Crippen molar-refractivity contribution >= 4 is 0 Å². The van der Waals surface area contributed by atoms with Gasteiger partial charge in [0.1, 0.15) is 0 Å².